The van der Waals surface area contributed by atoms with E-state index in [0.717, 1.165) is 0 Å². The van der Waals surface area contributed by atoms with Gasteiger partial charge in [-0.25, -0.2) is 9.59 Å². The minimum Gasteiger partial charge on any atom is -0.507 e. The van der Waals surface area contributed by atoms with E-state index >= 15 is 0 Å². The second-order valence-corrected chi connectivity index (χ2v) is 3.99. The first-order valence-corrected chi connectivity index (χ1v) is 5.28. The van der Waals surface area contributed by atoms with Crippen molar-refractivity contribution in [2.45, 2.75) is 0 Å². The quantitative estimate of drug-likeness (QED) is 0.656. The Morgan fingerprint density at radius 3 is 2.00 bits per heavy atom. The fourth-order valence-corrected chi connectivity index (χ4v) is 1.59. The van der Waals surface area contributed by atoms with Crippen molar-refractivity contribution in [3.63, 3.8) is 0 Å². The van der Waals surface area contributed by atoms with Crippen molar-refractivity contribution < 1.29 is 24.2 Å². The summed E-state index contributed by atoms with van der Waals surface area (Å²) in [7, 11) is 2.40. The standard InChI is InChI=1S/C10H9IO5/c1-15-9(13)5-3-7(11)8(12)4-6(5)10(14)16-2/h3-4,12H,1-2H3. The van der Waals surface area contributed by atoms with Gasteiger partial charge in [0.15, 0.2) is 0 Å². The summed E-state index contributed by atoms with van der Waals surface area (Å²) in [6.07, 6.45) is 0. The number of carbonyl (C=O) groups excluding carboxylic acids is 2. The highest BCUT2D eigenvalue weighted by Gasteiger charge is 2.20. The van der Waals surface area contributed by atoms with E-state index in [4.69, 9.17) is 0 Å². The van der Waals surface area contributed by atoms with E-state index < -0.39 is 11.9 Å². The number of benzene rings is 1. The molecule has 86 valence electrons. The minimum absolute atomic E-state index is 0.0210. The minimum atomic E-state index is -0.702. The van der Waals surface area contributed by atoms with Crippen molar-refractivity contribution in [3.8, 4) is 5.75 Å². The van der Waals surface area contributed by atoms with Crippen LogP contribution in [-0.4, -0.2) is 31.3 Å². The van der Waals surface area contributed by atoms with Crippen molar-refractivity contribution in [3.05, 3.63) is 26.8 Å². The zero-order valence-electron chi connectivity index (χ0n) is 8.61. The molecule has 0 aliphatic carbocycles. The maximum atomic E-state index is 11.4. The molecule has 0 spiro atoms. The lowest BCUT2D eigenvalue weighted by Crippen LogP contribution is -2.12. The molecule has 0 saturated carbocycles. The normalized spacial score (nSPS) is 9.69. The molecule has 0 aromatic heterocycles. The van der Waals surface area contributed by atoms with Crippen LogP contribution in [0.4, 0.5) is 0 Å². The van der Waals surface area contributed by atoms with E-state index in [1.54, 1.807) is 0 Å². The SMILES string of the molecule is COC(=O)c1cc(O)c(I)cc1C(=O)OC. The number of methoxy groups -OCH3 is 2. The van der Waals surface area contributed by atoms with Crippen LogP contribution in [0.25, 0.3) is 0 Å². The number of halogens is 1. The zero-order chi connectivity index (χ0) is 12.3. The Hall–Kier alpha value is -1.31. The molecule has 1 N–H and O–H groups in total. The Morgan fingerprint density at radius 2 is 1.56 bits per heavy atom. The average Bonchev–Trinajstić information content (AvgIpc) is 2.30. The number of aromatic hydroxyl groups is 1. The van der Waals surface area contributed by atoms with Crippen LogP contribution in [0.3, 0.4) is 0 Å². The first-order chi connectivity index (χ1) is 7.51. The second-order valence-electron chi connectivity index (χ2n) is 2.83. The fraction of sp³-hybridized carbons (Fsp3) is 0.200. The summed E-state index contributed by atoms with van der Waals surface area (Å²) in [6.45, 7) is 0. The maximum Gasteiger partial charge on any atom is 0.338 e. The van der Waals surface area contributed by atoms with E-state index in [9.17, 15) is 14.7 Å². The van der Waals surface area contributed by atoms with E-state index in [2.05, 4.69) is 9.47 Å². The van der Waals surface area contributed by atoms with Gasteiger partial charge in [-0.15, -0.1) is 0 Å². The van der Waals surface area contributed by atoms with E-state index in [0.29, 0.717) is 3.57 Å². The number of hydrogen-bond donors (Lipinski definition) is 1. The molecule has 0 saturated heterocycles. The van der Waals surface area contributed by atoms with Gasteiger partial charge in [0.1, 0.15) is 5.75 Å². The van der Waals surface area contributed by atoms with Gasteiger partial charge in [0, 0.05) is 0 Å². The van der Waals surface area contributed by atoms with Crippen LogP contribution in [0, 0.1) is 3.57 Å². The summed E-state index contributed by atoms with van der Waals surface area (Å²) in [5, 5.41) is 9.46. The first kappa shape index (κ1) is 12.8. The third kappa shape index (κ3) is 2.43. The lowest BCUT2D eigenvalue weighted by atomic mass is 10.1. The molecule has 0 atom stereocenters. The largest absolute Gasteiger partial charge is 0.507 e. The summed E-state index contributed by atoms with van der Waals surface area (Å²) >= 11 is 1.84. The predicted octanol–water partition coefficient (Wildman–Crippen LogP) is 1.57. The van der Waals surface area contributed by atoms with Gasteiger partial charge >= 0.3 is 11.9 Å². The van der Waals surface area contributed by atoms with Gasteiger partial charge < -0.3 is 14.6 Å². The number of carbonyl (C=O) groups is 2. The first-order valence-electron chi connectivity index (χ1n) is 4.20. The second kappa shape index (κ2) is 5.15. The molecule has 5 nitrogen and oxygen atoms in total. The third-order valence-electron chi connectivity index (χ3n) is 1.90. The molecule has 0 unspecified atom stereocenters. The average molecular weight is 336 g/mol. The van der Waals surface area contributed by atoms with Crippen LogP contribution < -0.4 is 0 Å². The van der Waals surface area contributed by atoms with E-state index in [1.165, 1.54) is 26.4 Å². The smallest absolute Gasteiger partial charge is 0.338 e. The number of rotatable bonds is 2. The van der Waals surface area contributed by atoms with Crippen molar-refractivity contribution in [2.24, 2.45) is 0 Å². The molecule has 0 aliphatic rings. The predicted molar refractivity (Wildman–Crippen MR) is 63.5 cm³/mol. The monoisotopic (exact) mass is 336 g/mol. The molecule has 6 heteroatoms. The zero-order valence-corrected chi connectivity index (χ0v) is 10.8. The van der Waals surface area contributed by atoms with Crippen LogP contribution >= 0.6 is 22.6 Å². The summed E-state index contributed by atoms with van der Waals surface area (Å²) in [5.74, 6) is -1.45. The molecular formula is C10H9IO5. The molecule has 0 amide bonds. The molecular weight excluding hydrogens is 327 g/mol. The molecule has 16 heavy (non-hydrogen) atoms. The molecule has 0 bridgehead atoms. The Morgan fingerprint density at radius 1 is 1.12 bits per heavy atom. The molecule has 1 rings (SSSR count). The molecule has 0 aliphatic heterocycles. The summed E-state index contributed by atoms with van der Waals surface area (Å²) in [6, 6.07) is 2.55. The van der Waals surface area contributed by atoms with Crippen LogP contribution in [0.2, 0.25) is 0 Å². The van der Waals surface area contributed by atoms with Gasteiger partial charge in [-0.3, -0.25) is 0 Å². The number of phenols is 1. The van der Waals surface area contributed by atoms with Crippen LogP contribution in [0.1, 0.15) is 20.7 Å². The van der Waals surface area contributed by atoms with E-state index in [-0.39, 0.29) is 16.9 Å². The Bertz CT molecular complexity index is 400. The number of hydrogen-bond acceptors (Lipinski definition) is 5. The maximum absolute atomic E-state index is 11.4. The summed E-state index contributed by atoms with van der Waals surface area (Å²) in [4.78, 5) is 22.8. The highest BCUT2D eigenvalue weighted by molar-refractivity contribution is 14.1. The highest BCUT2D eigenvalue weighted by atomic mass is 127. The van der Waals surface area contributed by atoms with Gasteiger partial charge in [0.25, 0.3) is 0 Å². The van der Waals surface area contributed by atoms with Gasteiger partial charge in [0.05, 0.1) is 28.9 Å². The molecule has 1 aromatic rings. The number of ether oxygens (including phenoxy) is 2. The van der Waals surface area contributed by atoms with Crippen LogP contribution in [0.5, 0.6) is 5.75 Å². The Balaban J connectivity index is 3.38. The van der Waals surface area contributed by atoms with E-state index in [1.807, 2.05) is 22.6 Å². The van der Waals surface area contributed by atoms with Gasteiger partial charge in [-0.1, -0.05) is 0 Å². The highest BCUT2D eigenvalue weighted by Crippen LogP contribution is 2.25. The molecule has 0 radical (unpaired) electrons. The van der Waals surface area contributed by atoms with Gasteiger partial charge in [0.2, 0.25) is 0 Å². The van der Waals surface area contributed by atoms with Crippen LogP contribution in [0.15, 0.2) is 12.1 Å². The third-order valence-corrected chi connectivity index (χ3v) is 2.76. The molecule has 0 heterocycles. The Labute approximate surface area is 105 Å². The molecule has 1 aromatic carbocycles. The lowest BCUT2D eigenvalue weighted by molar-refractivity contribution is 0.0555. The number of esters is 2. The lowest BCUT2D eigenvalue weighted by Gasteiger charge is -2.08. The summed E-state index contributed by atoms with van der Waals surface area (Å²) < 4.78 is 9.49. The summed E-state index contributed by atoms with van der Waals surface area (Å²) in [5.41, 5.74) is 0.0452. The van der Waals surface area contributed by atoms with Crippen molar-refractivity contribution in [1.29, 1.82) is 0 Å². The van der Waals surface area contributed by atoms with Crippen molar-refractivity contribution in [2.75, 3.05) is 14.2 Å². The van der Waals surface area contributed by atoms with Gasteiger partial charge in [-0.05, 0) is 34.7 Å². The fourth-order valence-electron chi connectivity index (χ4n) is 1.12. The van der Waals surface area contributed by atoms with Gasteiger partial charge in [-0.2, -0.15) is 0 Å². The topological polar surface area (TPSA) is 72.8 Å². The van der Waals surface area contributed by atoms with Crippen molar-refractivity contribution >= 4 is 34.5 Å². The van der Waals surface area contributed by atoms with Crippen LogP contribution in [-0.2, 0) is 9.47 Å². The molecule has 0 fully saturated rings. The Kier molecular flexibility index (Phi) is 4.11. The number of phenolic OH excluding ortho intramolecular Hbond substituents is 1. The van der Waals surface area contributed by atoms with Crippen molar-refractivity contribution in [1.82, 2.24) is 0 Å².